The van der Waals surface area contributed by atoms with Crippen LogP contribution in [0.5, 0.6) is 0 Å². The van der Waals surface area contributed by atoms with Crippen LogP contribution in [0, 0.1) is 19.8 Å². The molecule has 2 nitrogen and oxygen atoms in total. The van der Waals surface area contributed by atoms with Gasteiger partial charge in [0, 0.05) is 25.7 Å². The van der Waals surface area contributed by atoms with Crippen molar-refractivity contribution in [1.82, 2.24) is 10.2 Å². The Kier molecular flexibility index (Phi) is 3.64. The summed E-state index contributed by atoms with van der Waals surface area (Å²) in [6.07, 6.45) is 3.91. The Morgan fingerprint density at radius 2 is 1.89 bits per heavy atom. The Balaban J connectivity index is 1.83. The van der Waals surface area contributed by atoms with Gasteiger partial charge in [0.25, 0.3) is 0 Å². The zero-order chi connectivity index (χ0) is 13.4. The molecule has 2 atom stereocenters. The summed E-state index contributed by atoms with van der Waals surface area (Å²) >= 11 is 0. The Morgan fingerprint density at radius 1 is 1.16 bits per heavy atom. The van der Waals surface area contributed by atoms with Gasteiger partial charge in [-0.3, -0.25) is 0 Å². The van der Waals surface area contributed by atoms with Crippen LogP contribution >= 0.6 is 0 Å². The number of benzene rings is 1. The molecule has 0 bridgehead atoms. The minimum atomic E-state index is 0.724. The van der Waals surface area contributed by atoms with Gasteiger partial charge in [-0.05, 0) is 68.3 Å². The second-order valence-corrected chi connectivity index (χ2v) is 6.41. The van der Waals surface area contributed by atoms with Crippen LogP contribution in [0.25, 0.3) is 0 Å². The normalized spacial score (nSPS) is 28.2. The van der Waals surface area contributed by atoms with Crippen molar-refractivity contribution in [1.29, 1.82) is 0 Å². The Labute approximate surface area is 117 Å². The molecule has 1 N–H and O–H groups in total. The van der Waals surface area contributed by atoms with Crippen LogP contribution in [0.2, 0.25) is 0 Å². The highest BCUT2D eigenvalue weighted by atomic mass is 15.2. The van der Waals surface area contributed by atoms with Crippen molar-refractivity contribution >= 4 is 0 Å². The third-order valence-corrected chi connectivity index (χ3v) is 5.24. The summed E-state index contributed by atoms with van der Waals surface area (Å²) in [6.45, 7) is 8.06. The fourth-order valence-corrected chi connectivity index (χ4v) is 3.94. The lowest BCUT2D eigenvalue weighted by Crippen LogP contribution is -2.53. The number of nitrogens with one attached hydrogen (secondary N) is 1. The van der Waals surface area contributed by atoms with Crippen LogP contribution in [0.3, 0.4) is 0 Å². The van der Waals surface area contributed by atoms with E-state index in [1.54, 1.807) is 11.1 Å². The van der Waals surface area contributed by atoms with Crippen molar-refractivity contribution in [2.45, 2.75) is 39.2 Å². The van der Waals surface area contributed by atoms with Gasteiger partial charge >= 0.3 is 0 Å². The van der Waals surface area contributed by atoms with Gasteiger partial charge < -0.3 is 10.2 Å². The molecule has 1 saturated heterocycles. The van der Waals surface area contributed by atoms with Crippen LogP contribution < -0.4 is 5.32 Å². The maximum Gasteiger partial charge on any atom is 0.0249 e. The molecular weight excluding hydrogens is 232 g/mol. The molecule has 3 rings (SSSR count). The Hall–Kier alpha value is -0.860. The molecule has 1 aliphatic carbocycles. The predicted octanol–water partition coefficient (Wildman–Crippen LogP) is 2.31. The van der Waals surface area contributed by atoms with Crippen LogP contribution in [0.4, 0.5) is 0 Å². The summed E-state index contributed by atoms with van der Waals surface area (Å²) < 4.78 is 0. The van der Waals surface area contributed by atoms with Crippen molar-refractivity contribution in [3.05, 3.63) is 34.4 Å². The standard InChI is InChI=1S/C17H26N2/c1-12-4-5-13(2)16-10-14(6-7-15(12)16)17-11-18-8-9-19(17)3/h4-5,14,17-18H,6-11H2,1-3H3. The van der Waals surface area contributed by atoms with E-state index in [2.05, 4.69) is 43.2 Å². The van der Waals surface area contributed by atoms with Gasteiger partial charge in [-0.1, -0.05) is 12.1 Å². The fraction of sp³-hybridized carbons (Fsp3) is 0.647. The molecular formula is C17H26N2. The van der Waals surface area contributed by atoms with Crippen molar-refractivity contribution in [2.24, 2.45) is 5.92 Å². The smallest absolute Gasteiger partial charge is 0.0249 e. The van der Waals surface area contributed by atoms with Gasteiger partial charge in [0.2, 0.25) is 0 Å². The van der Waals surface area contributed by atoms with Gasteiger partial charge in [0.1, 0.15) is 0 Å². The van der Waals surface area contributed by atoms with Crippen LogP contribution in [-0.4, -0.2) is 37.6 Å². The first kappa shape index (κ1) is 13.1. The third-order valence-electron chi connectivity index (χ3n) is 5.24. The molecule has 1 heterocycles. The number of piperazine rings is 1. The minimum Gasteiger partial charge on any atom is -0.314 e. The molecule has 0 radical (unpaired) electrons. The molecule has 2 heteroatoms. The van der Waals surface area contributed by atoms with Crippen molar-refractivity contribution in [3.63, 3.8) is 0 Å². The van der Waals surface area contributed by atoms with Gasteiger partial charge in [0.15, 0.2) is 0 Å². The number of hydrogen-bond donors (Lipinski definition) is 1. The molecule has 0 amide bonds. The number of rotatable bonds is 1. The summed E-state index contributed by atoms with van der Waals surface area (Å²) in [5, 5.41) is 3.57. The lowest BCUT2D eigenvalue weighted by molar-refractivity contribution is 0.133. The summed E-state index contributed by atoms with van der Waals surface area (Å²) in [6, 6.07) is 5.32. The topological polar surface area (TPSA) is 15.3 Å². The van der Waals surface area contributed by atoms with E-state index in [-0.39, 0.29) is 0 Å². The highest BCUT2D eigenvalue weighted by Crippen LogP contribution is 2.33. The highest BCUT2D eigenvalue weighted by molar-refractivity contribution is 5.42. The SMILES string of the molecule is Cc1ccc(C)c2c1CCC(C1CNCCN1C)C2. The highest BCUT2D eigenvalue weighted by Gasteiger charge is 2.31. The molecule has 2 unspecified atom stereocenters. The van der Waals surface area contributed by atoms with E-state index in [1.807, 2.05) is 0 Å². The molecule has 2 aliphatic rings. The molecule has 1 aromatic rings. The first-order valence-corrected chi connectivity index (χ1v) is 7.65. The summed E-state index contributed by atoms with van der Waals surface area (Å²) in [4.78, 5) is 2.57. The molecule has 1 aliphatic heterocycles. The number of hydrogen-bond acceptors (Lipinski definition) is 2. The maximum absolute atomic E-state index is 3.57. The van der Waals surface area contributed by atoms with E-state index in [0.717, 1.165) is 18.5 Å². The summed E-state index contributed by atoms with van der Waals surface area (Å²) in [5.74, 6) is 0.825. The molecule has 0 spiro atoms. The lowest BCUT2D eigenvalue weighted by Gasteiger charge is -2.41. The number of aryl methyl sites for hydroxylation is 2. The minimum absolute atomic E-state index is 0.724. The average Bonchev–Trinajstić information content (AvgIpc) is 2.43. The molecule has 19 heavy (non-hydrogen) atoms. The zero-order valence-electron chi connectivity index (χ0n) is 12.5. The predicted molar refractivity (Wildman–Crippen MR) is 80.7 cm³/mol. The van der Waals surface area contributed by atoms with E-state index in [1.165, 1.54) is 43.5 Å². The van der Waals surface area contributed by atoms with Crippen LogP contribution in [0.15, 0.2) is 12.1 Å². The average molecular weight is 258 g/mol. The lowest BCUT2D eigenvalue weighted by atomic mass is 9.76. The summed E-state index contributed by atoms with van der Waals surface area (Å²) in [7, 11) is 2.30. The van der Waals surface area contributed by atoms with Crippen molar-refractivity contribution < 1.29 is 0 Å². The quantitative estimate of drug-likeness (QED) is 0.831. The Bertz CT molecular complexity index is 467. The Morgan fingerprint density at radius 3 is 2.63 bits per heavy atom. The molecule has 1 fully saturated rings. The van der Waals surface area contributed by atoms with Gasteiger partial charge in [0.05, 0.1) is 0 Å². The zero-order valence-corrected chi connectivity index (χ0v) is 12.5. The molecule has 0 aromatic heterocycles. The van der Waals surface area contributed by atoms with Gasteiger partial charge in [-0.25, -0.2) is 0 Å². The monoisotopic (exact) mass is 258 g/mol. The second kappa shape index (κ2) is 5.26. The first-order chi connectivity index (χ1) is 9.16. The van der Waals surface area contributed by atoms with E-state index in [0.29, 0.717) is 0 Å². The van der Waals surface area contributed by atoms with E-state index in [4.69, 9.17) is 0 Å². The summed E-state index contributed by atoms with van der Waals surface area (Å²) in [5.41, 5.74) is 6.28. The van der Waals surface area contributed by atoms with E-state index in [9.17, 15) is 0 Å². The first-order valence-electron chi connectivity index (χ1n) is 7.65. The molecule has 0 saturated carbocycles. The van der Waals surface area contributed by atoms with Crippen molar-refractivity contribution in [3.8, 4) is 0 Å². The third kappa shape index (κ3) is 2.44. The van der Waals surface area contributed by atoms with E-state index >= 15 is 0 Å². The molecule has 104 valence electrons. The van der Waals surface area contributed by atoms with Gasteiger partial charge in [-0.2, -0.15) is 0 Å². The largest absolute Gasteiger partial charge is 0.314 e. The second-order valence-electron chi connectivity index (χ2n) is 6.41. The number of fused-ring (bicyclic) bond motifs is 1. The number of nitrogens with zero attached hydrogens (tertiary/aromatic N) is 1. The van der Waals surface area contributed by atoms with Crippen LogP contribution in [-0.2, 0) is 12.8 Å². The fourth-order valence-electron chi connectivity index (χ4n) is 3.94. The number of likely N-dealkylation sites (N-methyl/N-ethyl adjacent to an activating group) is 1. The maximum atomic E-state index is 3.57. The molecule has 1 aromatic carbocycles. The van der Waals surface area contributed by atoms with E-state index < -0.39 is 0 Å². The van der Waals surface area contributed by atoms with Gasteiger partial charge in [-0.15, -0.1) is 0 Å². The van der Waals surface area contributed by atoms with Crippen LogP contribution in [0.1, 0.15) is 28.7 Å². The van der Waals surface area contributed by atoms with Crippen molar-refractivity contribution in [2.75, 3.05) is 26.7 Å².